The minimum Gasteiger partial charge on any atom is -0.497 e. The van der Waals surface area contributed by atoms with E-state index in [0.717, 1.165) is 44.1 Å². The summed E-state index contributed by atoms with van der Waals surface area (Å²) in [6.45, 7) is 4.95. The summed E-state index contributed by atoms with van der Waals surface area (Å²) in [6.07, 6.45) is 3.74. The molecule has 208 valence electrons. The van der Waals surface area contributed by atoms with Gasteiger partial charge in [-0.3, -0.25) is 9.36 Å². The molecule has 2 N–H and O–H groups in total. The summed E-state index contributed by atoms with van der Waals surface area (Å²) in [6, 6.07) is 10.6. The Morgan fingerprint density at radius 3 is 2.77 bits per heavy atom. The molecule has 0 radical (unpaired) electrons. The Kier molecular flexibility index (Phi) is 8.40. The molecule has 0 amide bonds. The number of guanidine groups is 1. The molecular weight excluding hydrogens is 502 g/mol. The Labute approximate surface area is 227 Å². The maximum Gasteiger partial charge on any atom is 0.261 e. The Morgan fingerprint density at radius 2 is 2.03 bits per heavy atom. The second-order valence-corrected chi connectivity index (χ2v) is 10.5. The molecule has 0 unspecified atom stereocenters. The standard InChI is InChI=1S/C29H36F2N6O2/c1-19-17-36(14-12-32-19)29(34-22-6-4-21(30)5-7-22)35-23-8-10-25-27(15-23)33-18-37(28(25)38)13-11-20-3-9-24(39-2)16-26(20)31/h3,8-10,15-16,18-19,21-22,32H,4-7,11-14,17H2,1-2H3,(H,34,35)/t19-,21-,22+/m0/s1. The van der Waals surface area contributed by atoms with E-state index < -0.39 is 6.17 Å². The number of ether oxygens (including phenoxy) is 1. The number of aliphatic imine (C=N–C) groups is 1. The molecule has 2 heterocycles. The molecule has 2 aliphatic rings. The summed E-state index contributed by atoms with van der Waals surface area (Å²) in [5, 5.41) is 7.42. The molecule has 5 rings (SSSR count). The minimum atomic E-state index is -0.724. The van der Waals surface area contributed by atoms with Crippen molar-refractivity contribution in [2.45, 2.75) is 63.8 Å². The van der Waals surface area contributed by atoms with Crippen molar-refractivity contribution in [1.82, 2.24) is 19.8 Å². The molecule has 39 heavy (non-hydrogen) atoms. The van der Waals surface area contributed by atoms with E-state index in [1.165, 1.54) is 24.1 Å². The van der Waals surface area contributed by atoms with Gasteiger partial charge in [-0.15, -0.1) is 0 Å². The fourth-order valence-corrected chi connectivity index (χ4v) is 5.28. The number of piperazine rings is 1. The van der Waals surface area contributed by atoms with E-state index >= 15 is 0 Å². The zero-order valence-electron chi connectivity index (χ0n) is 22.5. The van der Waals surface area contributed by atoms with Crippen molar-refractivity contribution < 1.29 is 13.5 Å². The van der Waals surface area contributed by atoms with Crippen LogP contribution in [0.15, 0.2) is 52.5 Å². The Hall–Kier alpha value is -3.53. The molecule has 3 aromatic rings. The number of anilines is 1. The molecule has 0 bridgehead atoms. The van der Waals surface area contributed by atoms with Crippen LogP contribution in [-0.2, 0) is 13.0 Å². The van der Waals surface area contributed by atoms with Gasteiger partial charge in [-0.25, -0.2) is 18.8 Å². The van der Waals surface area contributed by atoms with Crippen LogP contribution in [0.3, 0.4) is 0 Å². The fourth-order valence-electron chi connectivity index (χ4n) is 5.28. The highest BCUT2D eigenvalue weighted by Gasteiger charge is 2.24. The van der Waals surface area contributed by atoms with Gasteiger partial charge in [0.2, 0.25) is 0 Å². The largest absolute Gasteiger partial charge is 0.497 e. The summed E-state index contributed by atoms with van der Waals surface area (Å²) < 4.78 is 34.6. The molecular formula is C29H36F2N6O2. The highest BCUT2D eigenvalue weighted by molar-refractivity contribution is 5.96. The first-order chi connectivity index (χ1) is 18.9. The van der Waals surface area contributed by atoms with E-state index in [0.29, 0.717) is 54.1 Å². The van der Waals surface area contributed by atoms with E-state index in [-0.39, 0.29) is 17.4 Å². The Balaban J connectivity index is 1.34. The van der Waals surface area contributed by atoms with Crippen LogP contribution in [0.5, 0.6) is 5.75 Å². The van der Waals surface area contributed by atoms with Crippen LogP contribution in [0.2, 0.25) is 0 Å². The number of benzene rings is 2. The number of nitrogens with one attached hydrogen (secondary N) is 2. The number of fused-ring (bicyclic) bond motifs is 1. The lowest BCUT2D eigenvalue weighted by Gasteiger charge is -2.35. The first-order valence-corrected chi connectivity index (χ1v) is 13.7. The molecule has 1 aliphatic carbocycles. The van der Waals surface area contributed by atoms with Gasteiger partial charge >= 0.3 is 0 Å². The van der Waals surface area contributed by atoms with Crippen molar-refractivity contribution in [2.24, 2.45) is 4.99 Å². The van der Waals surface area contributed by atoms with Gasteiger partial charge < -0.3 is 20.3 Å². The van der Waals surface area contributed by atoms with Gasteiger partial charge in [-0.2, -0.15) is 0 Å². The van der Waals surface area contributed by atoms with Crippen LogP contribution in [0.4, 0.5) is 14.5 Å². The van der Waals surface area contributed by atoms with Crippen molar-refractivity contribution in [3.05, 3.63) is 64.5 Å². The maximum absolute atomic E-state index is 14.3. The number of alkyl halides is 1. The predicted octanol–water partition coefficient (Wildman–Crippen LogP) is 4.13. The summed E-state index contributed by atoms with van der Waals surface area (Å²) in [5.74, 6) is 0.873. The summed E-state index contributed by atoms with van der Waals surface area (Å²) >= 11 is 0. The average molecular weight is 539 g/mol. The van der Waals surface area contributed by atoms with Gasteiger partial charge in [0, 0.05) is 44.0 Å². The number of hydrogen-bond acceptors (Lipinski definition) is 5. The lowest BCUT2D eigenvalue weighted by Crippen LogP contribution is -2.53. The third-order valence-electron chi connectivity index (χ3n) is 7.56. The van der Waals surface area contributed by atoms with Gasteiger partial charge in [0.25, 0.3) is 5.56 Å². The maximum atomic E-state index is 14.3. The van der Waals surface area contributed by atoms with Crippen LogP contribution < -0.4 is 20.9 Å². The third-order valence-corrected chi connectivity index (χ3v) is 7.56. The van der Waals surface area contributed by atoms with Gasteiger partial charge in [0.05, 0.1) is 30.4 Å². The van der Waals surface area contributed by atoms with Crippen LogP contribution in [-0.4, -0.2) is 65.4 Å². The molecule has 10 heteroatoms. The number of nitrogens with zero attached hydrogens (tertiary/aromatic N) is 4. The van der Waals surface area contributed by atoms with Gasteiger partial charge in [0.1, 0.15) is 17.7 Å². The number of halogens is 2. The predicted molar refractivity (Wildman–Crippen MR) is 150 cm³/mol. The van der Waals surface area contributed by atoms with E-state index in [1.807, 2.05) is 12.1 Å². The Morgan fingerprint density at radius 1 is 1.21 bits per heavy atom. The van der Waals surface area contributed by atoms with Crippen LogP contribution in [0, 0.1) is 5.82 Å². The van der Waals surface area contributed by atoms with E-state index in [1.54, 1.807) is 18.2 Å². The number of aryl methyl sites for hydroxylation is 2. The molecule has 2 fully saturated rings. The lowest BCUT2D eigenvalue weighted by molar-refractivity contribution is 0.235. The number of hydrogen-bond donors (Lipinski definition) is 2. The van der Waals surface area contributed by atoms with E-state index in [9.17, 15) is 13.6 Å². The van der Waals surface area contributed by atoms with Crippen molar-refractivity contribution in [3.8, 4) is 5.75 Å². The van der Waals surface area contributed by atoms with Gasteiger partial charge in [-0.1, -0.05) is 6.07 Å². The van der Waals surface area contributed by atoms with Crippen molar-refractivity contribution in [2.75, 3.05) is 32.1 Å². The summed E-state index contributed by atoms with van der Waals surface area (Å²) in [4.78, 5) is 24.9. The monoisotopic (exact) mass is 538 g/mol. The number of rotatable bonds is 6. The molecule has 8 nitrogen and oxygen atoms in total. The molecule has 1 saturated carbocycles. The second-order valence-electron chi connectivity index (χ2n) is 10.5. The van der Waals surface area contributed by atoms with Crippen LogP contribution in [0.25, 0.3) is 10.9 Å². The average Bonchev–Trinajstić information content (AvgIpc) is 2.94. The highest BCUT2D eigenvalue weighted by Crippen LogP contribution is 2.24. The van der Waals surface area contributed by atoms with Crippen molar-refractivity contribution in [3.63, 3.8) is 0 Å². The quantitative estimate of drug-likeness (QED) is 0.363. The SMILES string of the molecule is COc1ccc(CCn2cnc3cc(N/C(=N/[C@H]4CC[C@@H](F)CC4)N4CCN[C@@H](C)C4)ccc3c2=O)c(F)c1. The molecule has 0 spiro atoms. The normalized spacial score (nSPS) is 22.2. The fraction of sp³-hybridized carbons (Fsp3) is 0.483. The first kappa shape index (κ1) is 27.1. The van der Waals surface area contributed by atoms with E-state index in [4.69, 9.17) is 9.73 Å². The molecule has 1 saturated heterocycles. The minimum absolute atomic E-state index is 0.0889. The lowest BCUT2D eigenvalue weighted by atomic mass is 9.94. The van der Waals surface area contributed by atoms with Crippen LogP contribution in [0.1, 0.15) is 38.2 Å². The molecule has 1 atom stereocenters. The molecule has 1 aromatic heterocycles. The van der Waals surface area contributed by atoms with Crippen LogP contribution >= 0.6 is 0 Å². The third kappa shape index (κ3) is 6.55. The first-order valence-electron chi connectivity index (χ1n) is 13.7. The zero-order valence-corrected chi connectivity index (χ0v) is 22.5. The smallest absolute Gasteiger partial charge is 0.261 e. The van der Waals surface area contributed by atoms with Crippen molar-refractivity contribution in [1.29, 1.82) is 0 Å². The van der Waals surface area contributed by atoms with Gasteiger partial charge in [0.15, 0.2) is 5.96 Å². The number of methoxy groups -OCH3 is 1. The van der Waals surface area contributed by atoms with Gasteiger partial charge in [-0.05, 0) is 68.9 Å². The van der Waals surface area contributed by atoms with E-state index in [2.05, 4.69) is 27.4 Å². The number of aromatic nitrogens is 2. The summed E-state index contributed by atoms with van der Waals surface area (Å²) in [7, 11) is 1.49. The Bertz CT molecular complexity index is 1390. The summed E-state index contributed by atoms with van der Waals surface area (Å²) in [5.41, 5.74) is 1.70. The topological polar surface area (TPSA) is 83.8 Å². The second kappa shape index (κ2) is 12.1. The molecule has 1 aliphatic heterocycles. The highest BCUT2D eigenvalue weighted by atomic mass is 19.1. The molecule has 2 aromatic carbocycles. The van der Waals surface area contributed by atoms with Crippen molar-refractivity contribution >= 4 is 22.5 Å². The zero-order chi connectivity index (χ0) is 27.4.